The van der Waals surface area contributed by atoms with Crippen molar-refractivity contribution >= 4 is 23.5 Å². The molecule has 1 aromatic rings. The largest absolute Gasteiger partial charge is 0.484 e. The van der Waals surface area contributed by atoms with Crippen LogP contribution in [-0.4, -0.2) is 29.1 Å². The van der Waals surface area contributed by atoms with Crippen molar-refractivity contribution in [1.82, 2.24) is 5.32 Å². The van der Waals surface area contributed by atoms with Crippen LogP contribution >= 0.6 is 11.6 Å². The maximum absolute atomic E-state index is 11.8. The number of amides is 1. The smallest absolute Gasteiger partial charge is 0.329 e. The Hall–Kier alpha value is -1.75. The number of aliphatic carboxylic acids is 1. The molecule has 6 heteroatoms. The molecule has 0 aromatic heterocycles. The number of benzene rings is 1. The number of carboxylic acids is 1. The summed E-state index contributed by atoms with van der Waals surface area (Å²) in [4.78, 5) is 23.1. The summed E-state index contributed by atoms with van der Waals surface area (Å²) in [7, 11) is 0. The topological polar surface area (TPSA) is 75.6 Å². The first-order valence-corrected chi connectivity index (χ1v) is 6.82. The van der Waals surface area contributed by atoms with Gasteiger partial charge < -0.3 is 15.2 Å². The highest BCUT2D eigenvalue weighted by atomic mass is 35.5. The van der Waals surface area contributed by atoms with E-state index in [4.69, 9.17) is 16.3 Å². The Morgan fingerprint density at radius 1 is 1.35 bits per heavy atom. The second-order valence-electron chi connectivity index (χ2n) is 4.89. The molecular weight excluding hydrogens is 282 g/mol. The predicted octanol–water partition coefficient (Wildman–Crippen LogP) is 2.23. The maximum atomic E-state index is 11.8. The van der Waals surface area contributed by atoms with Crippen molar-refractivity contribution in [3.05, 3.63) is 29.3 Å². The second kappa shape index (κ2) is 6.13. The fourth-order valence-corrected chi connectivity index (χ4v) is 2.56. The number of nitrogens with one attached hydrogen (secondary N) is 1. The summed E-state index contributed by atoms with van der Waals surface area (Å²) in [6.07, 6.45) is 2.54. The standard InChI is InChI=1S/C14H16ClNO4/c15-10-4-3-5-11(8-10)20-9-12(17)16-14(13(18)19)6-1-2-7-14/h3-5,8H,1-2,6-7,9H2,(H,16,17)(H,18,19). The van der Waals surface area contributed by atoms with Gasteiger partial charge in [0.1, 0.15) is 11.3 Å². The zero-order valence-corrected chi connectivity index (χ0v) is 11.7. The summed E-state index contributed by atoms with van der Waals surface area (Å²) in [5.74, 6) is -0.941. The molecular formula is C14H16ClNO4. The first-order chi connectivity index (χ1) is 9.52. The highest BCUT2D eigenvalue weighted by molar-refractivity contribution is 6.30. The van der Waals surface area contributed by atoms with Gasteiger partial charge in [-0.1, -0.05) is 30.5 Å². The minimum absolute atomic E-state index is 0.227. The lowest BCUT2D eigenvalue weighted by atomic mass is 9.98. The lowest BCUT2D eigenvalue weighted by molar-refractivity contribution is -0.147. The summed E-state index contributed by atoms with van der Waals surface area (Å²) >= 11 is 5.80. The van der Waals surface area contributed by atoms with Crippen LogP contribution in [0.15, 0.2) is 24.3 Å². The summed E-state index contributed by atoms with van der Waals surface area (Å²) in [6, 6.07) is 6.69. The van der Waals surface area contributed by atoms with Gasteiger partial charge in [-0.3, -0.25) is 4.79 Å². The van der Waals surface area contributed by atoms with Crippen molar-refractivity contribution < 1.29 is 19.4 Å². The number of carbonyl (C=O) groups excluding carboxylic acids is 1. The lowest BCUT2D eigenvalue weighted by Gasteiger charge is -2.25. The van der Waals surface area contributed by atoms with Gasteiger partial charge in [0.05, 0.1) is 0 Å². The molecule has 1 aromatic carbocycles. The van der Waals surface area contributed by atoms with E-state index in [9.17, 15) is 14.7 Å². The van der Waals surface area contributed by atoms with Gasteiger partial charge in [0.2, 0.25) is 0 Å². The van der Waals surface area contributed by atoms with Crippen LogP contribution in [0, 0.1) is 0 Å². The molecule has 0 unspecified atom stereocenters. The molecule has 1 fully saturated rings. The number of carbonyl (C=O) groups is 2. The van der Waals surface area contributed by atoms with Crippen LogP contribution in [0.5, 0.6) is 5.75 Å². The van der Waals surface area contributed by atoms with Crippen LogP contribution in [-0.2, 0) is 9.59 Å². The second-order valence-corrected chi connectivity index (χ2v) is 5.33. The van der Waals surface area contributed by atoms with Gasteiger partial charge in [0, 0.05) is 5.02 Å². The molecule has 0 saturated heterocycles. The summed E-state index contributed by atoms with van der Waals surface area (Å²) < 4.78 is 5.29. The fraction of sp³-hybridized carbons (Fsp3) is 0.429. The minimum atomic E-state index is -1.13. The molecule has 20 heavy (non-hydrogen) atoms. The molecule has 0 aliphatic heterocycles. The Labute approximate surface area is 121 Å². The average molecular weight is 298 g/mol. The molecule has 5 nitrogen and oxygen atoms in total. The number of hydrogen-bond acceptors (Lipinski definition) is 3. The van der Waals surface area contributed by atoms with Gasteiger partial charge in [-0.05, 0) is 31.0 Å². The summed E-state index contributed by atoms with van der Waals surface area (Å²) in [6.45, 7) is -0.227. The summed E-state index contributed by atoms with van der Waals surface area (Å²) in [5.41, 5.74) is -1.13. The third-order valence-corrected chi connectivity index (χ3v) is 3.65. The van der Waals surface area contributed by atoms with E-state index in [2.05, 4.69) is 5.32 Å². The van der Waals surface area contributed by atoms with E-state index in [1.54, 1.807) is 24.3 Å². The molecule has 2 rings (SSSR count). The number of carboxylic acid groups (broad SMARTS) is 1. The highest BCUT2D eigenvalue weighted by Gasteiger charge is 2.42. The van der Waals surface area contributed by atoms with Crippen LogP contribution in [0.2, 0.25) is 5.02 Å². The highest BCUT2D eigenvalue weighted by Crippen LogP contribution is 2.29. The Bertz CT molecular complexity index is 512. The van der Waals surface area contributed by atoms with E-state index in [0.29, 0.717) is 23.6 Å². The van der Waals surface area contributed by atoms with Gasteiger partial charge in [0.25, 0.3) is 5.91 Å². The van der Waals surface area contributed by atoms with E-state index >= 15 is 0 Å². The SMILES string of the molecule is O=C(COc1cccc(Cl)c1)NC1(C(=O)O)CCCC1. The van der Waals surface area contributed by atoms with E-state index in [1.807, 2.05) is 0 Å². The monoisotopic (exact) mass is 297 g/mol. The van der Waals surface area contributed by atoms with Crippen molar-refractivity contribution in [2.24, 2.45) is 0 Å². The van der Waals surface area contributed by atoms with Crippen molar-refractivity contribution in [3.8, 4) is 5.75 Å². The number of hydrogen-bond donors (Lipinski definition) is 2. The van der Waals surface area contributed by atoms with Crippen LogP contribution in [0.3, 0.4) is 0 Å². The van der Waals surface area contributed by atoms with Crippen molar-refractivity contribution in [2.75, 3.05) is 6.61 Å². The number of halogens is 1. The van der Waals surface area contributed by atoms with Crippen LogP contribution < -0.4 is 10.1 Å². The zero-order chi connectivity index (χ0) is 14.6. The van der Waals surface area contributed by atoms with Gasteiger partial charge in [0.15, 0.2) is 6.61 Å². The van der Waals surface area contributed by atoms with Crippen molar-refractivity contribution in [3.63, 3.8) is 0 Å². The molecule has 1 aliphatic carbocycles. The van der Waals surface area contributed by atoms with E-state index < -0.39 is 17.4 Å². The maximum Gasteiger partial charge on any atom is 0.329 e. The molecule has 108 valence electrons. The van der Waals surface area contributed by atoms with Gasteiger partial charge in [-0.25, -0.2) is 4.79 Å². The minimum Gasteiger partial charge on any atom is -0.484 e. The first kappa shape index (κ1) is 14.7. The quantitative estimate of drug-likeness (QED) is 0.874. The van der Waals surface area contributed by atoms with Gasteiger partial charge >= 0.3 is 5.97 Å². The molecule has 0 atom stereocenters. The third kappa shape index (κ3) is 3.42. The summed E-state index contributed by atoms with van der Waals surface area (Å²) in [5, 5.41) is 12.4. The van der Waals surface area contributed by atoms with Gasteiger partial charge in [-0.15, -0.1) is 0 Å². The van der Waals surface area contributed by atoms with Crippen LogP contribution in [0.25, 0.3) is 0 Å². The molecule has 0 spiro atoms. The fourth-order valence-electron chi connectivity index (χ4n) is 2.38. The Morgan fingerprint density at radius 2 is 2.05 bits per heavy atom. The van der Waals surface area contributed by atoms with E-state index in [0.717, 1.165) is 12.8 Å². The lowest BCUT2D eigenvalue weighted by Crippen LogP contribution is -2.53. The van der Waals surface area contributed by atoms with Crippen molar-refractivity contribution in [2.45, 2.75) is 31.2 Å². The Kier molecular flexibility index (Phi) is 4.49. The Balaban J connectivity index is 1.90. The van der Waals surface area contributed by atoms with E-state index in [1.165, 1.54) is 0 Å². The number of rotatable bonds is 5. The molecule has 1 amide bonds. The zero-order valence-electron chi connectivity index (χ0n) is 10.9. The molecule has 0 heterocycles. The molecule has 2 N–H and O–H groups in total. The molecule has 0 radical (unpaired) electrons. The van der Waals surface area contributed by atoms with Gasteiger partial charge in [-0.2, -0.15) is 0 Å². The average Bonchev–Trinajstić information content (AvgIpc) is 2.86. The molecule has 1 aliphatic rings. The number of ether oxygens (including phenoxy) is 1. The normalized spacial score (nSPS) is 16.6. The van der Waals surface area contributed by atoms with Crippen LogP contribution in [0.4, 0.5) is 0 Å². The molecule has 1 saturated carbocycles. The van der Waals surface area contributed by atoms with Crippen molar-refractivity contribution in [1.29, 1.82) is 0 Å². The van der Waals surface area contributed by atoms with E-state index in [-0.39, 0.29) is 6.61 Å². The molecule has 0 bridgehead atoms. The first-order valence-electron chi connectivity index (χ1n) is 6.45. The Morgan fingerprint density at radius 3 is 2.65 bits per heavy atom. The van der Waals surface area contributed by atoms with Crippen LogP contribution in [0.1, 0.15) is 25.7 Å². The third-order valence-electron chi connectivity index (χ3n) is 3.41. The predicted molar refractivity (Wildman–Crippen MR) is 73.9 cm³/mol.